The van der Waals surface area contributed by atoms with E-state index in [-0.39, 0.29) is 12.4 Å². The Morgan fingerprint density at radius 3 is 2.74 bits per heavy atom. The van der Waals surface area contributed by atoms with Gasteiger partial charge in [0, 0.05) is 0 Å². The average Bonchev–Trinajstić information content (AvgIpc) is 3.21. The number of aromatic nitrogens is 4. The van der Waals surface area contributed by atoms with Crippen LogP contribution in [0, 0.1) is 0 Å². The van der Waals surface area contributed by atoms with Crippen LogP contribution >= 0.6 is 11.8 Å². The van der Waals surface area contributed by atoms with Gasteiger partial charge in [0.2, 0.25) is 5.78 Å². The Morgan fingerprint density at radius 1 is 1.30 bits per heavy atom. The van der Waals surface area contributed by atoms with Crippen molar-refractivity contribution in [3.05, 3.63) is 12.7 Å². The Morgan fingerprint density at radius 2 is 2.07 bits per heavy atom. The number of carbonyl (C=O) groups is 2. The topological polar surface area (TPSA) is 157 Å². The molecule has 3 N–H and O–H groups in total. The quantitative estimate of drug-likeness (QED) is 0.219. The molecule has 4 unspecified atom stereocenters. The second-order valence-corrected chi connectivity index (χ2v) is 6.63. The Kier molecular flexibility index (Phi) is 6.01. The lowest BCUT2D eigenvalue weighted by Crippen LogP contribution is -2.33. The van der Waals surface area contributed by atoms with E-state index < -0.39 is 42.9 Å². The van der Waals surface area contributed by atoms with E-state index in [0.29, 0.717) is 16.2 Å². The van der Waals surface area contributed by atoms with E-state index in [1.165, 1.54) is 17.2 Å². The molecule has 1 fully saturated rings. The van der Waals surface area contributed by atoms with Gasteiger partial charge in [0.05, 0.1) is 25.3 Å². The number of hydrogen-bond acceptors (Lipinski definition) is 11. The molecule has 1 aliphatic heterocycles. The van der Waals surface area contributed by atoms with Gasteiger partial charge in [-0.25, -0.2) is 19.7 Å². The maximum atomic E-state index is 11.7. The summed E-state index contributed by atoms with van der Waals surface area (Å²) in [5.41, 5.74) is 0.655. The van der Waals surface area contributed by atoms with Crippen LogP contribution in [0.3, 0.4) is 0 Å². The van der Waals surface area contributed by atoms with Crippen molar-refractivity contribution in [2.45, 2.75) is 36.5 Å². The monoisotopic (exact) mass is 398 g/mol. The molecule has 0 aliphatic carbocycles. The third-order valence-electron chi connectivity index (χ3n) is 3.96. The van der Waals surface area contributed by atoms with Crippen molar-refractivity contribution in [2.75, 3.05) is 19.0 Å². The van der Waals surface area contributed by atoms with Crippen LogP contribution in [0.4, 0.5) is 0 Å². The summed E-state index contributed by atoms with van der Waals surface area (Å²) in [6, 6.07) is 0. The number of aliphatic hydroxyl groups excluding tert-OH is 3. The zero-order chi connectivity index (χ0) is 19.6. The number of thioether (sulfide) groups is 1. The molecule has 2 aromatic rings. The second-order valence-electron chi connectivity index (χ2n) is 5.66. The molecule has 0 saturated carbocycles. The predicted molar refractivity (Wildman–Crippen MR) is 90.7 cm³/mol. The molecule has 4 atom stereocenters. The number of hydrogen-bond donors (Lipinski definition) is 3. The van der Waals surface area contributed by atoms with E-state index in [2.05, 4.69) is 19.7 Å². The van der Waals surface area contributed by atoms with Gasteiger partial charge >= 0.3 is 5.97 Å². The number of esters is 1. The Labute approximate surface area is 157 Å². The smallest absolute Gasteiger partial charge is 0.375 e. The fourth-order valence-electron chi connectivity index (χ4n) is 2.64. The third kappa shape index (κ3) is 3.80. The van der Waals surface area contributed by atoms with Crippen molar-refractivity contribution < 1.29 is 34.4 Å². The average molecular weight is 398 g/mol. The Hall–Kier alpha value is -2.12. The highest BCUT2D eigenvalue weighted by Crippen LogP contribution is 2.32. The molecule has 3 heterocycles. The summed E-state index contributed by atoms with van der Waals surface area (Å²) < 4.78 is 11.5. The van der Waals surface area contributed by atoms with Crippen LogP contribution in [-0.2, 0) is 19.1 Å². The van der Waals surface area contributed by atoms with Crippen molar-refractivity contribution >= 4 is 34.7 Å². The Balaban J connectivity index is 1.81. The van der Waals surface area contributed by atoms with E-state index in [1.54, 1.807) is 6.92 Å². The summed E-state index contributed by atoms with van der Waals surface area (Å²) in [5, 5.41) is 29.7. The first kappa shape index (κ1) is 19.6. The van der Waals surface area contributed by atoms with Crippen LogP contribution < -0.4 is 0 Å². The molecule has 1 aliphatic rings. The molecule has 1 saturated heterocycles. The van der Waals surface area contributed by atoms with Crippen molar-refractivity contribution in [3.63, 3.8) is 0 Å². The summed E-state index contributed by atoms with van der Waals surface area (Å²) in [7, 11) is 0. The van der Waals surface area contributed by atoms with Gasteiger partial charge in [0.15, 0.2) is 11.9 Å². The maximum absolute atomic E-state index is 11.7. The van der Waals surface area contributed by atoms with E-state index in [0.717, 1.165) is 11.8 Å². The van der Waals surface area contributed by atoms with Gasteiger partial charge in [-0.2, -0.15) is 0 Å². The molecule has 0 amide bonds. The minimum Gasteiger partial charge on any atom is -0.460 e. The summed E-state index contributed by atoms with van der Waals surface area (Å²) >= 11 is 1.00. The van der Waals surface area contributed by atoms with Gasteiger partial charge in [-0.1, -0.05) is 11.8 Å². The number of imidazole rings is 1. The van der Waals surface area contributed by atoms with Gasteiger partial charge in [-0.15, -0.1) is 0 Å². The molecule has 2 aromatic heterocycles. The molecule has 3 rings (SSSR count). The van der Waals surface area contributed by atoms with Gasteiger partial charge in [0.1, 0.15) is 35.2 Å². The number of rotatable bonds is 7. The molecule has 0 radical (unpaired) electrons. The number of fused-ring (bicyclic) bond motifs is 1. The van der Waals surface area contributed by atoms with Crippen LogP contribution in [0.1, 0.15) is 13.2 Å². The lowest BCUT2D eigenvalue weighted by atomic mass is 10.1. The number of aliphatic hydroxyl groups is 3. The largest absolute Gasteiger partial charge is 0.460 e. The number of nitrogens with zero attached hydrogens (tertiary/aromatic N) is 4. The number of ketones is 1. The van der Waals surface area contributed by atoms with Gasteiger partial charge in [0.25, 0.3) is 0 Å². The standard InChI is InChI=1S/C15H18N4O7S/c1-2-25-15(24)7(21)4-27-13-9-12(16-5-17-13)19(6-18-9)14-11(23)10(22)8(3-20)26-14/h5-6,8,10-11,14,20,22-23H,2-4H2,1H3. The fourth-order valence-corrected chi connectivity index (χ4v) is 3.42. The molecule has 0 aromatic carbocycles. The maximum Gasteiger partial charge on any atom is 0.375 e. The normalized spacial score (nSPS) is 25.0. The molecular weight excluding hydrogens is 380 g/mol. The minimum atomic E-state index is -1.28. The highest BCUT2D eigenvalue weighted by Gasteiger charge is 2.44. The highest BCUT2D eigenvalue weighted by molar-refractivity contribution is 8.00. The molecule has 146 valence electrons. The zero-order valence-corrected chi connectivity index (χ0v) is 15.1. The minimum absolute atomic E-state index is 0.113. The van der Waals surface area contributed by atoms with E-state index in [9.17, 15) is 24.9 Å². The molecule has 0 bridgehead atoms. The molecule has 12 heteroatoms. The first-order chi connectivity index (χ1) is 13.0. The molecule has 0 spiro atoms. The highest BCUT2D eigenvalue weighted by atomic mass is 32.2. The first-order valence-electron chi connectivity index (χ1n) is 8.10. The fraction of sp³-hybridized carbons (Fsp3) is 0.533. The van der Waals surface area contributed by atoms with Crippen molar-refractivity contribution in [1.82, 2.24) is 19.5 Å². The first-order valence-corrected chi connectivity index (χ1v) is 9.09. The number of ether oxygens (including phenoxy) is 2. The number of Topliss-reactive ketones (excluding diaryl/α,β-unsaturated/α-hetero) is 1. The molecule has 27 heavy (non-hydrogen) atoms. The van der Waals surface area contributed by atoms with Gasteiger partial charge < -0.3 is 24.8 Å². The lowest BCUT2D eigenvalue weighted by molar-refractivity contribution is -0.152. The summed E-state index contributed by atoms with van der Waals surface area (Å²) in [6.45, 7) is 1.27. The van der Waals surface area contributed by atoms with E-state index >= 15 is 0 Å². The zero-order valence-electron chi connectivity index (χ0n) is 14.3. The Bertz CT molecular complexity index is 845. The van der Waals surface area contributed by atoms with Crippen molar-refractivity contribution in [2.24, 2.45) is 0 Å². The second kappa shape index (κ2) is 8.27. The lowest BCUT2D eigenvalue weighted by Gasteiger charge is -2.16. The van der Waals surface area contributed by atoms with Gasteiger partial charge in [-0.3, -0.25) is 9.36 Å². The van der Waals surface area contributed by atoms with Crippen LogP contribution in [0.25, 0.3) is 11.2 Å². The molecular formula is C15H18N4O7S. The SMILES string of the molecule is CCOC(=O)C(=O)CSc1ncnc2c1ncn2C1OC(CO)C(O)C1O. The third-order valence-corrected chi connectivity index (χ3v) is 4.94. The van der Waals surface area contributed by atoms with Crippen LogP contribution in [0.15, 0.2) is 17.7 Å². The van der Waals surface area contributed by atoms with Gasteiger partial charge in [-0.05, 0) is 6.92 Å². The van der Waals surface area contributed by atoms with Crippen molar-refractivity contribution in [3.8, 4) is 0 Å². The summed E-state index contributed by atoms with van der Waals surface area (Å²) in [6.07, 6.45) is -1.85. The molecule has 11 nitrogen and oxygen atoms in total. The van der Waals surface area contributed by atoms with Crippen LogP contribution in [-0.4, -0.2) is 83.9 Å². The summed E-state index contributed by atoms with van der Waals surface area (Å²) in [4.78, 5) is 35.5. The van der Waals surface area contributed by atoms with Crippen LogP contribution in [0.2, 0.25) is 0 Å². The van der Waals surface area contributed by atoms with E-state index in [1.807, 2.05) is 0 Å². The van der Waals surface area contributed by atoms with E-state index in [4.69, 9.17) is 4.74 Å². The van der Waals surface area contributed by atoms with Crippen molar-refractivity contribution in [1.29, 1.82) is 0 Å². The predicted octanol–water partition coefficient (Wildman–Crippen LogP) is -1.34. The van der Waals surface area contributed by atoms with Crippen LogP contribution in [0.5, 0.6) is 0 Å². The summed E-state index contributed by atoms with van der Waals surface area (Å²) in [5.74, 6) is -1.78. The number of carbonyl (C=O) groups excluding carboxylic acids is 2.